The zero-order chi connectivity index (χ0) is 17.6. The summed E-state index contributed by atoms with van der Waals surface area (Å²) < 4.78 is 7.58. The van der Waals surface area contributed by atoms with Crippen LogP contribution in [0.25, 0.3) is 11.3 Å². The fourth-order valence-electron chi connectivity index (χ4n) is 2.86. The zero-order valence-corrected chi connectivity index (χ0v) is 15.2. The molecule has 0 bridgehead atoms. The summed E-state index contributed by atoms with van der Waals surface area (Å²) in [4.78, 5) is 9.95. The summed E-state index contributed by atoms with van der Waals surface area (Å²) in [5, 5.41) is 6.76. The Morgan fingerprint density at radius 2 is 2.08 bits per heavy atom. The Morgan fingerprint density at radius 3 is 2.85 bits per heavy atom. The van der Waals surface area contributed by atoms with Crippen LogP contribution in [0.4, 0.5) is 0 Å². The van der Waals surface area contributed by atoms with E-state index in [1.165, 1.54) is 0 Å². The minimum Gasteiger partial charge on any atom is -0.376 e. The van der Waals surface area contributed by atoms with Crippen molar-refractivity contribution >= 4 is 17.6 Å². The van der Waals surface area contributed by atoms with E-state index in [4.69, 9.17) is 9.73 Å². The molecule has 132 valence electrons. The molecule has 2 aromatic heterocycles. The first kappa shape index (κ1) is 16.9. The number of hydrogen-bond acceptors (Lipinski definition) is 5. The van der Waals surface area contributed by atoms with E-state index in [1.54, 1.807) is 23.7 Å². The topological polar surface area (TPSA) is 51.8 Å². The third-order valence-corrected chi connectivity index (χ3v) is 5.06. The molecule has 26 heavy (non-hydrogen) atoms. The van der Waals surface area contributed by atoms with Gasteiger partial charge in [-0.05, 0) is 25.0 Å². The molecular formula is C20H20N4OS. The first-order valence-corrected chi connectivity index (χ1v) is 9.61. The zero-order valence-electron chi connectivity index (χ0n) is 14.4. The SMILES string of the molecule is C(=N\n1c(-c2ccccc2)csc1=NCC1CCCO1)/c1ccccn1. The van der Waals surface area contributed by atoms with E-state index >= 15 is 0 Å². The normalized spacial score (nSPS) is 18.0. The van der Waals surface area contributed by atoms with Crippen LogP contribution in [-0.4, -0.2) is 35.1 Å². The van der Waals surface area contributed by atoms with E-state index in [1.807, 2.05) is 41.1 Å². The largest absolute Gasteiger partial charge is 0.376 e. The van der Waals surface area contributed by atoms with Crippen LogP contribution in [0.1, 0.15) is 18.5 Å². The molecule has 1 aromatic carbocycles. The molecule has 3 aromatic rings. The summed E-state index contributed by atoms with van der Waals surface area (Å²) in [7, 11) is 0. The minimum absolute atomic E-state index is 0.227. The van der Waals surface area contributed by atoms with Gasteiger partial charge < -0.3 is 4.74 Å². The second-order valence-electron chi connectivity index (χ2n) is 6.06. The second-order valence-corrected chi connectivity index (χ2v) is 6.89. The maximum absolute atomic E-state index is 5.69. The van der Waals surface area contributed by atoms with Crippen molar-refractivity contribution in [1.29, 1.82) is 0 Å². The Labute approximate surface area is 156 Å². The Bertz CT molecular complexity index is 925. The maximum Gasteiger partial charge on any atom is 0.206 e. The van der Waals surface area contributed by atoms with Gasteiger partial charge in [-0.2, -0.15) is 5.10 Å². The van der Waals surface area contributed by atoms with Crippen molar-refractivity contribution in [3.63, 3.8) is 0 Å². The summed E-state index contributed by atoms with van der Waals surface area (Å²) in [5.41, 5.74) is 2.95. The van der Waals surface area contributed by atoms with Gasteiger partial charge in [-0.3, -0.25) is 9.98 Å². The lowest BCUT2D eigenvalue weighted by Gasteiger charge is -2.05. The monoisotopic (exact) mass is 364 g/mol. The highest BCUT2D eigenvalue weighted by Crippen LogP contribution is 2.20. The molecule has 1 unspecified atom stereocenters. The molecule has 6 heteroatoms. The number of aromatic nitrogens is 2. The molecule has 1 aliphatic heterocycles. The van der Waals surface area contributed by atoms with Crippen LogP contribution < -0.4 is 4.80 Å². The maximum atomic E-state index is 5.69. The van der Waals surface area contributed by atoms with Gasteiger partial charge in [0, 0.05) is 23.7 Å². The number of thiazole rings is 1. The Balaban J connectivity index is 1.70. The molecule has 0 saturated carbocycles. The number of pyridine rings is 1. The summed E-state index contributed by atoms with van der Waals surface area (Å²) in [6.07, 6.45) is 5.96. The molecule has 1 fully saturated rings. The molecule has 1 aliphatic rings. The lowest BCUT2D eigenvalue weighted by Crippen LogP contribution is -2.17. The predicted molar refractivity (Wildman–Crippen MR) is 104 cm³/mol. The van der Waals surface area contributed by atoms with Crippen molar-refractivity contribution < 1.29 is 4.74 Å². The molecule has 1 saturated heterocycles. The number of benzene rings is 1. The average molecular weight is 364 g/mol. The van der Waals surface area contributed by atoms with E-state index in [2.05, 4.69) is 27.6 Å². The van der Waals surface area contributed by atoms with Crippen molar-refractivity contribution in [2.75, 3.05) is 13.2 Å². The van der Waals surface area contributed by atoms with Gasteiger partial charge in [-0.25, -0.2) is 4.68 Å². The molecule has 3 heterocycles. The first-order chi connectivity index (χ1) is 12.9. The Kier molecular flexibility index (Phi) is 5.33. The smallest absolute Gasteiger partial charge is 0.206 e. The van der Waals surface area contributed by atoms with E-state index < -0.39 is 0 Å². The van der Waals surface area contributed by atoms with Crippen LogP contribution in [0.2, 0.25) is 0 Å². The highest BCUT2D eigenvalue weighted by molar-refractivity contribution is 7.07. The molecule has 0 N–H and O–H groups in total. The van der Waals surface area contributed by atoms with Gasteiger partial charge in [0.15, 0.2) is 0 Å². The quantitative estimate of drug-likeness (QED) is 0.650. The highest BCUT2D eigenvalue weighted by Gasteiger charge is 2.15. The highest BCUT2D eigenvalue weighted by atomic mass is 32.1. The molecule has 5 nitrogen and oxygen atoms in total. The number of rotatable bonds is 5. The number of ether oxygens (including phenoxy) is 1. The van der Waals surface area contributed by atoms with Gasteiger partial charge in [0.1, 0.15) is 0 Å². The minimum atomic E-state index is 0.227. The third kappa shape index (κ3) is 3.98. The van der Waals surface area contributed by atoms with E-state index in [9.17, 15) is 0 Å². The average Bonchev–Trinajstić information content (AvgIpc) is 3.36. The van der Waals surface area contributed by atoms with Gasteiger partial charge in [-0.15, -0.1) is 11.3 Å². The molecule has 0 aliphatic carbocycles. The van der Waals surface area contributed by atoms with Gasteiger partial charge in [0.25, 0.3) is 0 Å². The molecule has 0 radical (unpaired) electrons. The van der Waals surface area contributed by atoms with E-state index in [-0.39, 0.29) is 6.10 Å². The fourth-order valence-corrected chi connectivity index (χ4v) is 3.71. The number of hydrogen-bond donors (Lipinski definition) is 0. The summed E-state index contributed by atoms with van der Waals surface area (Å²) in [6.45, 7) is 1.52. The third-order valence-electron chi connectivity index (χ3n) is 4.20. The van der Waals surface area contributed by atoms with Gasteiger partial charge >= 0.3 is 0 Å². The van der Waals surface area contributed by atoms with Crippen LogP contribution >= 0.6 is 11.3 Å². The number of nitrogens with zero attached hydrogens (tertiary/aromatic N) is 4. The Hall–Kier alpha value is -2.57. The van der Waals surface area contributed by atoms with Gasteiger partial charge in [0.2, 0.25) is 4.80 Å². The van der Waals surface area contributed by atoms with Crippen LogP contribution in [0.15, 0.2) is 70.2 Å². The van der Waals surface area contributed by atoms with Gasteiger partial charge in [-0.1, -0.05) is 36.4 Å². The predicted octanol–water partition coefficient (Wildman–Crippen LogP) is 3.57. The van der Waals surface area contributed by atoms with Crippen molar-refractivity contribution in [3.8, 4) is 11.3 Å². The lowest BCUT2D eigenvalue weighted by atomic mass is 10.2. The lowest BCUT2D eigenvalue weighted by molar-refractivity contribution is 0.117. The van der Waals surface area contributed by atoms with Crippen molar-refractivity contribution in [2.45, 2.75) is 18.9 Å². The van der Waals surface area contributed by atoms with Crippen molar-refractivity contribution in [2.24, 2.45) is 10.1 Å². The van der Waals surface area contributed by atoms with Gasteiger partial charge in [0.05, 0.1) is 30.3 Å². The second kappa shape index (κ2) is 8.21. The molecule has 0 amide bonds. The first-order valence-electron chi connectivity index (χ1n) is 8.73. The van der Waals surface area contributed by atoms with Crippen molar-refractivity contribution in [1.82, 2.24) is 9.66 Å². The molecular weight excluding hydrogens is 344 g/mol. The summed E-state index contributed by atoms with van der Waals surface area (Å²) in [5.74, 6) is 0. The van der Waals surface area contributed by atoms with Crippen LogP contribution in [0, 0.1) is 0 Å². The fraction of sp³-hybridized carbons (Fsp3) is 0.250. The van der Waals surface area contributed by atoms with Crippen LogP contribution in [0.5, 0.6) is 0 Å². The van der Waals surface area contributed by atoms with Crippen LogP contribution in [0.3, 0.4) is 0 Å². The molecule has 0 spiro atoms. The Morgan fingerprint density at radius 1 is 1.19 bits per heavy atom. The van der Waals surface area contributed by atoms with E-state index in [0.717, 1.165) is 41.2 Å². The standard InChI is InChI=1S/C20H20N4OS/c1-2-7-16(8-3-1)19-15-26-20(22-14-18-10-6-12-25-18)24(19)23-13-17-9-4-5-11-21-17/h1-5,7-9,11,13,15,18H,6,10,12,14H2/b22-20?,23-13+. The summed E-state index contributed by atoms with van der Waals surface area (Å²) in [6, 6.07) is 16.0. The summed E-state index contributed by atoms with van der Waals surface area (Å²) >= 11 is 1.60. The van der Waals surface area contributed by atoms with Crippen molar-refractivity contribution in [3.05, 3.63) is 70.6 Å². The van der Waals surface area contributed by atoms with Crippen LogP contribution in [-0.2, 0) is 4.74 Å². The van der Waals surface area contributed by atoms with E-state index in [0.29, 0.717) is 6.54 Å². The molecule has 4 rings (SSSR count). The molecule has 1 atom stereocenters.